The third-order valence-corrected chi connectivity index (χ3v) is 7.14. The molecule has 1 fully saturated rings. The molecule has 2 aromatic carbocycles. The maximum absolute atomic E-state index is 13.0. The van der Waals surface area contributed by atoms with E-state index < -0.39 is 0 Å². The van der Waals surface area contributed by atoms with Crippen LogP contribution in [0.4, 0.5) is 0 Å². The Labute approximate surface area is 217 Å². The number of piperazine rings is 1. The standard InChI is InChI=1S/C26H24ClN5O3S/c1-18-4-2-5-19(16-18)24-28-29-26(32(24)21-9-7-20(27)8-10-21)36-17-23(33)30-11-13-31(14-12-30)25(34)22-6-3-15-35-22/h2-10,15-16H,11-14,17H2,1H3. The summed E-state index contributed by atoms with van der Waals surface area (Å²) in [5.41, 5.74) is 2.92. The molecule has 0 radical (unpaired) electrons. The van der Waals surface area contributed by atoms with Gasteiger partial charge in [0, 0.05) is 42.5 Å². The molecule has 0 bridgehead atoms. The first kappa shape index (κ1) is 24.1. The summed E-state index contributed by atoms with van der Waals surface area (Å²) in [5.74, 6) is 1.07. The highest BCUT2D eigenvalue weighted by atomic mass is 35.5. The molecule has 1 aliphatic rings. The fourth-order valence-corrected chi connectivity index (χ4v) is 5.07. The largest absolute Gasteiger partial charge is 0.459 e. The molecule has 0 saturated carbocycles. The fourth-order valence-electron chi connectivity index (χ4n) is 4.09. The van der Waals surface area contributed by atoms with Crippen LogP contribution in [0.2, 0.25) is 5.02 Å². The Kier molecular flexibility index (Phi) is 7.11. The second kappa shape index (κ2) is 10.6. The zero-order valence-electron chi connectivity index (χ0n) is 19.6. The van der Waals surface area contributed by atoms with E-state index in [9.17, 15) is 9.59 Å². The van der Waals surface area contributed by atoms with E-state index in [0.717, 1.165) is 16.8 Å². The second-order valence-corrected chi connectivity index (χ2v) is 9.81. The summed E-state index contributed by atoms with van der Waals surface area (Å²) in [6, 6.07) is 18.9. The number of furan rings is 1. The van der Waals surface area contributed by atoms with Gasteiger partial charge in [-0.1, -0.05) is 47.1 Å². The first-order valence-electron chi connectivity index (χ1n) is 11.5. The Morgan fingerprint density at radius 2 is 1.72 bits per heavy atom. The van der Waals surface area contributed by atoms with Crippen LogP contribution in [0, 0.1) is 6.92 Å². The molecule has 3 heterocycles. The van der Waals surface area contributed by atoms with Gasteiger partial charge < -0.3 is 14.2 Å². The van der Waals surface area contributed by atoms with E-state index in [1.807, 2.05) is 54.0 Å². The van der Waals surface area contributed by atoms with Gasteiger partial charge in [0.15, 0.2) is 16.7 Å². The number of rotatable bonds is 6. The van der Waals surface area contributed by atoms with E-state index in [0.29, 0.717) is 47.9 Å². The number of nitrogens with zero attached hydrogens (tertiary/aromatic N) is 5. The third-order valence-electron chi connectivity index (χ3n) is 5.97. The van der Waals surface area contributed by atoms with Crippen LogP contribution in [0.5, 0.6) is 0 Å². The highest BCUT2D eigenvalue weighted by Crippen LogP contribution is 2.29. The molecule has 0 aliphatic carbocycles. The monoisotopic (exact) mass is 521 g/mol. The van der Waals surface area contributed by atoms with Gasteiger partial charge in [-0.25, -0.2) is 0 Å². The van der Waals surface area contributed by atoms with Crippen molar-refractivity contribution in [3.8, 4) is 17.1 Å². The SMILES string of the molecule is Cc1cccc(-c2nnc(SCC(=O)N3CCN(C(=O)c4ccco4)CC3)n2-c2ccc(Cl)cc2)c1. The molecule has 5 rings (SSSR count). The molecule has 1 aliphatic heterocycles. The highest BCUT2D eigenvalue weighted by molar-refractivity contribution is 7.99. The molecule has 8 nitrogen and oxygen atoms in total. The molecule has 4 aromatic rings. The van der Waals surface area contributed by atoms with Crippen LogP contribution in [0.15, 0.2) is 76.5 Å². The van der Waals surface area contributed by atoms with Crippen molar-refractivity contribution in [1.82, 2.24) is 24.6 Å². The van der Waals surface area contributed by atoms with E-state index in [4.69, 9.17) is 16.0 Å². The van der Waals surface area contributed by atoms with Crippen LogP contribution < -0.4 is 0 Å². The molecular formula is C26H24ClN5O3S. The molecule has 1 saturated heterocycles. The molecule has 0 spiro atoms. The van der Waals surface area contributed by atoms with Gasteiger partial charge in [0.05, 0.1) is 12.0 Å². The minimum absolute atomic E-state index is 0.00661. The van der Waals surface area contributed by atoms with Gasteiger partial charge in [-0.2, -0.15) is 0 Å². The van der Waals surface area contributed by atoms with Gasteiger partial charge in [-0.15, -0.1) is 10.2 Å². The van der Waals surface area contributed by atoms with Gasteiger partial charge >= 0.3 is 0 Å². The molecule has 184 valence electrons. The predicted octanol–water partition coefficient (Wildman–Crippen LogP) is 4.57. The summed E-state index contributed by atoms with van der Waals surface area (Å²) in [4.78, 5) is 29.0. The van der Waals surface area contributed by atoms with Gasteiger partial charge in [0.25, 0.3) is 5.91 Å². The number of aromatic nitrogens is 3. The third kappa shape index (κ3) is 5.17. The summed E-state index contributed by atoms with van der Waals surface area (Å²) < 4.78 is 7.15. The number of thioether (sulfide) groups is 1. The Balaban J connectivity index is 1.29. The number of amides is 2. The number of hydrogen-bond acceptors (Lipinski definition) is 6. The second-order valence-electron chi connectivity index (χ2n) is 8.43. The summed E-state index contributed by atoms with van der Waals surface area (Å²) in [6.07, 6.45) is 1.48. The van der Waals surface area contributed by atoms with Crippen LogP contribution in [0.3, 0.4) is 0 Å². The number of carbonyl (C=O) groups is 2. The number of aryl methyl sites for hydroxylation is 1. The van der Waals surface area contributed by atoms with E-state index >= 15 is 0 Å². The molecule has 0 unspecified atom stereocenters. The lowest BCUT2D eigenvalue weighted by molar-refractivity contribution is -0.129. The molecule has 0 atom stereocenters. The van der Waals surface area contributed by atoms with Crippen LogP contribution in [0.25, 0.3) is 17.1 Å². The van der Waals surface area contributed by atoms with Crippen molar-refractivity contribution in [2.24, 2.45) is 0 Å². The van der Waals surface area contributed by atoms with Crippen molar-refractivity contribution in [3.05, 3.63) is 83.3 Å². The number of hydrogen-bond donors (Lipinski definition) is 0. The van der Waals surface area contributed by atoms with Crippen LogP contribution >= 0.6 is 23.4 Å². The summed E-state index contributed by atoms with van der Waals surface area (Å²) >= 11 is 7.45. The average Bonchev–Trinajstić information content (AvgIpc) is 3.58. The van der Waals surface area contributed by atoms with Crippen LogP contribution in [0.1, 0.15) is 16.1 Å². The van der Waals surface area contributed by atoms with Crippen molar-refractivity contribution in [1.29, 1.82) is 0 Å². The van der Waals surface area contributed by atoms with Crippen molar-refractivity contribution in [3.63, 3.8) is 0 Å². The van der Waals surface area contributed by atoms with E-state index in [1.165, 1.54) is 18.0 Å². The van der Waals surface area contributed by atoms with E-state index in [-0.39, 0.29) is 17.6 Å². The van der Waals surface area contributed by atoms with Gasteiger partial charge in [-0.05, 0) is 49.4 Å². The first-order valence-corrected chi connectivity index (χ1v) is 12.9. The fraction of sp³-hybridized carbons (Fsp3) is 0.231. The minimum Gasteiger partial charge on any atom is -0.459 e. The predicted molar refractivity (Wildman–Crippen MR) is 138 cm³/mol. The van der Waals surface area contributed by atoms with Crippen molar-refractivity contribution < 1.29 is 14.0 Å². The van der Waals surface area contributed by atoms with Crippen molar-refractivity contribution >= 4 is 35.2 Å². The van der Waals surface area contributed by atoms with Crippen molar-refractivity contribution in [2.75, 3.05) is 31.9 Å². The highest BCUT2D eigenvalue weighted by Gasteiger charge is 2.26. The average molecular weight is 522 g/mol. The molecule has 2 aromatic heterocycles. The first-order chi connectivity index (χ1) is 17.5. The zero-order chi connectivity index (χ0) is 25.1. The zero-order valence-corrected chi connectivity index (χ0v) is 21.2. The lowest BCUT2D eigenvalue weighted by Crippen LogP contribution is -2.51. The van der Waals surface area contributed by atoms with Gasteiger partial charge in [0.1, 0.15) is 0 Å². The van der Waals surface area contributed by atoms with Crippen molar-refractivity contribution in [2.45, 2.75) is 12.1 Å². The molecular weight excluding hydrogens is 498 g/mol. The molecule has 2 amide bonds. The normalized spacial score (nSPS) is 13.7. The van der Waals surface area contributed by atoms with E-state index in [2.05, 4.69) is 16.3 Å². The molecule has 0 N–H and O–H groups in total. The van der Waals surface area contributed by atoms with Crippen LogP contribution in [-0.4, -0.2) is 68.3 Å². The smallest absolute Gasteiger partial charge is 0.289 e. The summed E-state index contributed by atoms with van der Waals surface area (Å²) in [5, 5.41) is 10.1. The van der Waals surface area contributed by atoms with Crippen LogP contribution in [-0.2, 0) is 4.79 Å². The maximum Gasteiger partial charge on any atom is 0.289 e. The molecule has 10 heteroatoms. The summed E-state index contributed by atoms with van der Waals surface area (Å²) in [7, 11) is 0. The quantitative estimate of drug-likeness (QED) is 0.346. The Morgan fingerprint density at radius 3 is 2.42 bits per heavy atom. The summed E-state index contributed by atoms with van der Waals surface area (Å²) in [6.45, 7) is 3.92. The molecule has 36 heavy (non-hydrogen) atoms. The lowest BCUT2D eigenvalue weighted by Gasteiger charge is -2.34. The van der Waals surface area contributed by atoms with Gasteiger partial charge in [-0.3, -0.25) is 14.2 Å². The lowest BCUT2D eigenvalue weighted by atomic mass is 10.1. The Bertz CT molecular complexity index is 1360. The Hall–Kier alpha value is -3.56. The van der Waals surface area contributed by atoms with Gasteiger partial charge in [0.2, 0.25) is 5.91 Å². The minimum atomic E-state index is -0.152. The Morgan fingerprint density at radius 1 is 0.972 bits per heavy atom. The number of halogens is 1. The topological polar surface area (TPSA) is 84.5 Å². The van der Waals surface area contributed by atoms with E-state index in [1.54, 1.807) is 21.9 Å². The maximum atomic E-state index is 13.0. The number of carbonyl (C=O) groups excluding carboxylic acids is 2. The number of benzene rings is 2.